The Morgan fingerprint density at radius 2 is 2.33 bits per heavy atom. The van der Waals surface area contributed by atoms with Crippen molar-refractivity contribution in [3.8, 4) is 0 Å². The molecule has 1 aromatic carbocycles. The van der Waals surface area contributed by atoms with Gasteiger partial charge in [-0.15, -0.1) is 11.8 Å². The molecule has 0 radical (unpaired) electrons. The predicted octanol–water partition coefficient (Wildman–Crippen LogP) is 3.18. The summed E-state index contributed by atoms with van der Waals surface area (Å²) >= 11 is 6.36. The standard InChI is InChI=1S/C9H8BrN3S2/c10-6-2-1-3-7(4-6)14-5-8-12-9(11)15-13-8/h1-4H,5H2,(H2,11,12,13). The van der Waals surface area contributed by atoms with E-state index in [2.05, 4.69) is 37.4 Å². The van der Waals surface area contributed by atoms with Crippen molar-refractivity contribution in [2.24, 2.45) is 0 Å². The van der Waals surface area contributed by atoms with Crippen molar-refractivity contribution in [3.05, 3.63) is 34.6 Å². The van der Waals surface area contributed by atoms with Gasteiger partial charge in [0, 0.05) is 20.9 Å². The van der Waals surface area contributed by atoms with Crippen molar-refractivity contribution in [1.82, 2.24) is 9.36 Å². The summed E-state index contributed by atoms with van der Waals surface area (Å²) in [6.45, 7) is 0. The Morgan fingerprint density at radius 1 is 1.47 bits per heavy atom. The van der Waals surface area contributed by atoms with Crippen LogP contribution in [0.1, 0.15) is 5.82 Å². The Bertz CT molecular complexity index is 458. The van der Waals surface area contributed by atoms with Crippen molar-refractivity contribution < 1.29 is 0 Å². The van der Waals surface area contributed by atoms with Gasteiger partial charge in [0.2, 0.25) is 0 Å². The molecule has 0 atom stereocenters. The lowest BCUT2D eigenvalue weighted by atomic mass is 10.4. The molecular formula is C9H8BrN3S2. The van der Waals surface area contributed by atoms with E-state index in [0.29, 0.717) is 5.13 Å². The highest BCUT2D eigenvalue weighted by Crippen LogP contribution is 2.25. The molecule has 0 amide bonds. The van der Waals surface area contributed by atoms with Crippen molar-refractivity contribution in [2.45, 2.75) is 10.6 Å². The Labute approximate surface area is 104 Å². The fraction of sp³-hybridized carbons (Fsp3) is 0.111. The number of anilines is 1. The molecule has 6 heteroatoms. The molecule has 0 spiro atoms. The van der Waals surface area contributed by atoms with Crippen LogP contribution in [0.15, 0.2) is 33.6 Å². The lowest BCUT2D eigenvalue weighted by molar-refractivity contribution is 1.14. The normalized spacial score (nSPS) is 10.5. The minimum absolute atomic E-state index is 0.528. The van der Waals surface area contributed by atoms with E-state index in [4.69, 9.17) is 5.73 Å². The molecule has 2 aromatic rings. The first-order chi connectivity index (χ1) is 7.24. The number of aromatic nitrogens is 2. The third kappa shape index (κ3) is 3.19. The molecule has 2 N–H and O–H groups in total. The van der Waals surface area contributed by atoms with Gasteiger partial charge in [-0.1, -0.05) is 22.0 Å². The fourth-order valence-electron chi connectivity index (χ4n) is 1.03. The van der Waals surface area contributed by atoms with Gasteiger partial charge in [-0.05, 0) is 18.2 Å². The van der Waals surface area contributed by atoms with E-state index < -0.39 is 0 Å². The molecule has 1 aromatic heterocycles. The van der Waals surface area contributed by atoms with Gasteiger partial charge in [0.15, 0.2) is 11.0 Å². The number of nitrogen functional groups attached to an aromatic ring is 1. The number of thioether (sulfide) groups is 1. The zero-order valence-electron chi connectivity index (χ0n) is 7.68. The summed E-state index contributed by atoms with van der Waals surface area (Å²) in [7, 11) is 0. The van der Waals surface area contributed by atoms with Crippen molar-refractivity contribution in [1.29, 1.82) is 0 Å². The van der Waals surface area contributed by atoms with E-state index in [-0.39, 0.29) is 0 Å². The van der Waals surface area contributed by atoms with E-state index in [1.807, 2.05) is 12.1 Å². The Hall–Kier alpha value is -0.590. The fourth-order valence-corrected chi connectivity index (χ4v) is 2.92. The van der Waals surface area contributed by atoms with Crippen molar-refractivity contribution in [2.75, 3.05) is 5.73 Å². The second-order valence-electron chi connectivity index (χ2n) is 2.79. The summed E-state index contributed by atoms with van der Waals surface area (Å²) in [6, 6.07) is 8.14. The average molecular weight is 302 g/mol. The van der Waals surface area contributed by atoms with Crippen LogP contribution in [0.5, 0.6) is 0 Å². The van der Waals surface area contributed by atoms with Crippen LogP contribution in [0.25, 0.3) is 0 Å². The highest BCUT2D eigenvalue weighted by Gasteiger charge is 2.02. The van der Waals surface area contributed by atoms with E-state index in [9.17, 15) is 0 Å². The third-order valence-electron chi connectivity index (χ3n) is 1.65. The molecule has 0 aliphatic carbocycles. The molecule has 78 valence electrons. The quantitative estimate of drug-likeness (QED) is 0.885. The third-order valence-corrected chi connectivity index (χ3v) is 3.71. The monoisotopic (exact) mass is 301 g/mol. The van der Waals surface area contributed by atoms with Crippen molar-refractivity contribution in [3.63, 3.8) is 0 Å². The molecule has 0 saturated carbocycles. The first kappa shape index (κ1) is 10.9. The summed E-state index contributed by atoms with van der Waals surface area (Å²) in [5.74, 6) is 1.55. The molecular weight excluding hydrogens is 294 g/mol. The number of rotatable bonds is 3. The van der Waals surface area contributed by atoms with Gasteiger partial charge in [0.1, 0.15) is 0 Å². The number of nitrogens with zero attached hydrogens (tertiary/aromatic N) is 2. The van der Waals surface area contributed by atoms with E-state index >= 15 is 0 Å². The molecule has 2 rings (SSSR count). The summed E-state index contributed by atoms with van der Waals surface area (Å²) in [6.07, 6.45) is 0. The maximum Gasteiger partial charge on any atom is 0.199 e. The van der Waals surface area contributed by atoms with Crippen LogP contribution in [0.3, 0.4) is 0 Å². The first-order valence-electron chi connectivity index (χ1n) is 4.20. The highest BCUT2D eigenvalue weighted by molar-refractivity contribution is 9.10. The van der Waals surface area contributed by atoms with E-state index in [0.717, 1.165) is 16.0 Å². The van der Waals surface area contributed by atoms with Gasteiger partial charge in [0.05, 0.1) is 5.75 Å². The lowest BCUT2D eigenvalue weighted by Gasteiger charge is -1.98. The molecule has 0 fully saturated rings. The van der Waals surface area contributed by atoms with Gasteiger partial charge in [0.25, 0.3) is 0 Å². The van der Waals surface area contributed by atoms with Gasteiger partial charge in [-0.25, -0.2) is 4.98 Å². The maximum atomic E-state index is 5.50. The summed E-state index contributed by atoms with van der Waals surface area (Å²) in [5.41, 5.74) is 5.50. The average Bonchev–Trinajstić information content (AvgIpc) is 2.62. The highest BCUT2D eigenvalue weighted by atomic mass is 79.9. The Morgan fingerprint density at radius 3 is 3.00 bits per heavy atom. The molecule has 0 saturated heterocycles. The zero-order valence-corrected chi connectivity index (χ0v) is 10.9. The van der Waals surface area contributed by atoms with Crippen LogP contribution in [0.2, 0.25) is 0 Å². The molecule has 0 bridgehead atoms. The summed E-state index contributed by atoms with van der Waals surface area (Å²) in [5, 5.41) is 0.528. The molecule has 3 nitrogen and oxygen atoms in total. The second kappa shape index (κ2) is 4.96. The van der Waals surface area contributed by atoms with Crippen LogP contribution in [0.4, 0.5) is 5.13 Å². The summed E-state index contributed by atoms with van der Waals surface area (Å²) in [4.78, 5) is 5.29. The Balaban J connectivity index is 1.99. The van der Waals surface area contributed by atoms with Gasteiger partial charge in [-0.2, -0.15) is 4.37 Å². The van der Waals surface area contributed by atoms with Crippen molar-refractivity contribution >= 4 is 44.4 Å². The molecule has 0 aliphatic heterocycles. The second-order valence-corrected chi connectivity index (χ2v) is 5.54. The van der Waals surface area contributed by atoms with E-state index in [1.165, 1.54) is 16.4 Å². The number of benzene rings is 1. The topological polar surface area (TPSA) is 51.8 Å². The van der Waals surface area contributed by atoms with Crippen LogP contribution in [-0.2, 0) is 5.75 Å². The van der Waals surface area contributed by atoms with E-state index in [1.54, 1.807) is 11.8 Å². The van der Waals surface area contributed by atoms with Crippen LogP contribution >= 0.6 is 39.2 Å². The minimum atomic E-state index is 0.528. The Kier molecular flexibility index (Phi) is 3.61. The van der Waals surface area contributed by atoms with Crippen LogP contribution in [-0.4, -0.2) is 9.36 Å². The van der Waals surface area contributed by atoms with Gasteiger partial charge in [-0.3, -0.25) is 0 Å². The predicted molar refractivity (Wildman–Crippen MR) is 68.0 cm³/mol. The first-order valence-corrected chi connectivity index (χ1v) is 6.75. The van der Waals surface area contributed by atoms with Gasteiger partial charge < -0.3 is 5.73 Å². The van der Waals surface area contributed by atoms with Gasteiger partial charge >= 0.3 is 0 Å². The molecule has 0 unspecified atom stereocenters. The molecule has 1 heterocycles. The number of hydrogen-bond acceptors (Lipinski definition) is 5. The number of nitrogens with two attached hydrogens (primary N) is 1. The SMILES string of the molecule is Nc1nc(CSc2cccc(Br)c2)ns1. The molecule has 15 heavy (non-hydrogen) atoms. The number of halogens is 1. The molecule has 0 aliphatic rings. The lowest BCUT2D eigenvalue weighted by Crippen LogP contribution is -1.86. The largest absolute Gasteiger partial charge is 0.374 e. The zero-order chi connectivity index (χ0) is 10.7. The number of hydrogen-bond donors (Lipinski definition) is 1. The maximum absolute atomic E-state index is 5.50. The smallest absolute Gasteiger partial charge is 0.199 e. The minimum Gasteiger partial charge on any atom is -0.374 e. The van der Waals surface area contributed by atoms with Crippen LogP contribution in [0, 0.1) is 0 Å². The van der Waals surface area contributed by atoms with Crippen LogP contribution < -0.4 is 5.73 Å². The summed E-state index contributed by atoms with van der Waals surface area (Å²) < 4.78 is 5.21.